The number of rotatable bonds is 23. The van der Waals surface area contributed by atoms with Crippen molar-refractivity contribution < 1.29 is 4.68 Å². The number of unbranched alkanes of at least 4 members (excludes halogenated alkanes) is 10. The first-order chi connectivity index (χ1) is 22.5. The van der Waals surface area contributed by atoms with Gasteiger partial charge in [-0.15, -0.1) is 0 Å². The van der Waals surface area contributed by atoms with Crippen molar-refractivity contribution in [1.29, 1.82) is 0 Å². The second-order valence-electron chi connectivity index (χ2n) is 13.9. The van der Waals surface area contributed by atoms with Crippen molar-refractivity contribution >= 4 is 11.4 Å². The zero-order chi connectivity index (χ0) is 33.1. The SMILES string of the molecule is CCCCCCCC=C1C(CCCC)=C(c2cc(CCCC)cc(CCCC)c2)[N+]([NH-])=C1c1cc(CCCC)cc(CCCC)c1. The van der Waals surface area contributed by atoms with E-state index >= 15 is 0 Å². The molecule has 1 aliphatic heterocycles. The van der Waals surface area contributed by atoms with Gasteiger partial charge < -0.3 is 5.84 Å². The first-order valence-corrected chi connectivity index (χ1v) is 19.6. The molecule has 0 amide bonds. The van der Waals surface area contributed by atoms with Crippen molar-refractivity contribution in [3.63, 3.8) is 0 Å². The van der Waals surface area contributed by atoms with Crippen LogP contribution in [-0.2, 0) is 25.7 Å². The molecule has 254 valence electrons. The molecule has 0 aromatic heterocycles. The monoisotopic (exact) mass is 625 g/mol. The highest BCUT2D eigenvalue weighted by Crippen LogP contribution is 2.39. The van der Waals surface area contributed by atoms with E-state index in [-0.39, 0.29) is 0 Å². The summed E-state index contributed by atoms with van der Waals surface area (Å²) in [5.41, 5.74) is 13.3. The van der Waals surface area contributed by atoms with E-state index in [9.17, 15) is 5.84 Å². The summed E-state index contributed by atoms with van der Waals surface area (Å²) in [5, 5.41) is 0. The van der Waals surface area contributed by atoms with E-state index in [0.29, 0.717) is 0 Å². The number of nitrogens with zero attached hydrogens (tertiary/aromatic N) is 1. The number of allylic oxidation sites excluding steroid dienone is 3. The Bertz CT molecular complexity index is 1240. The fourth-order valence-corrected chi connectivity index (χ4v) is 6.95. The van der Waals surface area contributed by atoms with E-state index in [1.54, 1.807) is 0 Å². The lowest BCUT2D eigenvalue weighted by Gasteiger charge is -2.13. The molecule has 0 saturated carbocycles. The first-order valence-electron chi connectivity index (χ1n) is 19.6. The van der Waals surface area contributed by atoms with Gasteiger partial charge in [0.15, 0.2) is 0 Å². The van der Waals surface area contributed by atoms with Crippen LogP contribution in [0.25, 0.3) is 11.5 Å². The van der Waals surface area contributed by atoms with Gasteiger partial charge in [-0.3, -0.25) is 0 Å². The predicted molar refractivity (Wildman–Crippen MR) is 204 cm³/mol. The van der Waals surface area contributed by atoms with Crippen LogP contribution in [0, 0.1) is 0 Å². The van der Waals surface area contributed by atoms with Gasteiger partial charge in [0.2, 0.25) is 11.4 Å². The van der Waals surface area contributed by atoms with Crippen LogP contribution < -0.4 is 0 Å². The Balaban J connectivity index is 2.24. The minimum Gasteiger partial charge on any atom is -0.448 e. The molecular weight excluding hydrogens is 556 g/mol. The Kier molecular flexibility index (Phi) is 17.5. The summed E-state index contributed by atoms with van der Waals surface area (Å²) in [7, 11) is 0. The summed E-state index contributed by atoms with van der Waals surface area (Å²) in [6, 6.07) is 14.6. The molecule has 2 nitrogen and oxygen atoms in total. The molecule has 2 heteroatoms. The van der Waals surface area contributed by atoms with Gasteiger partial charge in [0.05, 0.1) is 5.57 Å². The second kappa shape index (κ2) is 21.3. The lowest BCUT2D eigenvalue weighted by atomic mass is 9.89. The zero-order valence-corrected chi connectivity index (χ0v) is 30.8. The minimum absolute atomic E-state index is 1.04. The van der Waals surface area contributed by atoms with Crippen molar-refractivity contribution in [3.8, 4) is 0 Å². The Morgan fingerprint density at radius 1 is 0.478 bits per heavy atom. The predicted octanol–water partition coefficient (Wildman–Crippen LogP) is 13.7. The fraction of sp³-hybridized carbons (Fsp3) is 0.614. The highest BCUT2D eigenvalue weighted by Gasteiger charge is 2.35. The zero-order valence-electron chi connectivity index (χ0n) is 30.8. The molecule has 3 rings (SSSR count). The maximum Gasteiger partial charge on any atom is 0.215 e. The topological polar surface area (TPSA) is 26.8 Å². The van der Waals surface area contributed by atoms with E-state index in [2.05, 4.69) is 84.0 Å². The standard InChI is InChI=1S/C44H68N2/c1-7-13-19-20-21-22-28-42-41(27-18-12-6)43(39-31-35(23-14-8-2)29-36(32-39)24-15-9-3)46(45)44(42)40-33-37(25-16-10-4)30-38(34-40)26-17-11-5/h28-34,45H,7-27H2,1-6H3. The Labute approximate surface area is 284 Å². The lowest BCUT2D eigenvalue weighted by molar-refractivity contribution is -0.347. The molecule has 0 spiro atoms. The molecule has 0 atom stereocenters. The van der Waals surface area contributed by atoms with Crippen molar-refractivity contribution in [2.75, 3.05) is 0 Å². The van der Waals surface area contributed by atoms with Crippen LogP contribution >= 0.6 is 0 Å². The average Bonchev–Trinajstić information content (AvgIpc) is 3.35. The molecule has 1 N–H and O–H groups in total. The smallest absolute Gasteiger partial charge is 0.215 e. The second-order valence-corrected chi connectivity index (χ2v) is 13.9. The number of hydrogen-bond acceptors (Lipinski definition) is 0. The van der Waals surface area contributed by atoms with Crippen LogP contribution in [0.15, 0.2) is 53.6 Å². The molecule has 2 aromatic carbocycles. The van der Waals surface area contributed by atoms with Gasteiger partial charge in [-0.25, -0.2) is 4.68 Å². The minimum atomic E-state index is 1.04. The summed E-state index contributed by atoms with van der Waals surface area (Å²) in [4.78, 5) is 0. The van der Waals surface area contributed by atoms with Gasteiger partial charge in [0, 0.05) is 16.7 Å². The third-order valence-corrected chi connectivity index (χ3v) is 9.68. The number of nitrogens with one attached hydrogen (secondary N) is 1. The Hall–Kier alpha value is -2.61. The van der Waals surface area contributed by atoms with E-state index in [1.807, 2.05) is 4.68 Å². The Morgan fingerprint density at radius 2 is 0.891 bits per heavy atom. The molecule has 0 bridgehead atoms. The quantitative estimate of drug-likeness (QED) is 0.0869. The van der Waals surface area contributed by atoms with Gasteiger partial charge >= 0.3 is 0 Å². The van der Waals surface area contributed by atoms with Crippen LogP contribution in [-0.4, -0.2) is 10.4 Å². The molecule has 0 radical (unpaired) electrons. The number of aryl methyl sites for hydroxylation is 4. The number of benzene rings is 2. The molecule has 0 aliphatic carbocycles. The Morgan fingerprint density at radius 3 is 1.35 bits per heavy atom. The maximum absolute atomic E-state index is 9.92. The molecule has 1 aliphatic rings. The molecule has 0 saturated heterocycles. The summed E-state index contributed by atoms with van der Waals surface area (Å²) < 4.78 is 1.87. The van der Waals surface area contributed by atoms with E-state index in [4.69, 9.17) is 0 Å². The van der Waals surface area contributed by atoms with E-state index in [1.165, 1.54) is 134 Å². The van der Waals surface area contributed by atoms with Gasteiger partial charge in [-0.05, 0) is 124 Å². The van der Waals surface area contributed by atoms with Gasteiger partial charge in [0.1, 0.15) is 0 Å². The van der Waals surface area contributed by atoms with Gasteiger partial charge in [-0.1, -0.05) is 118 Å². The van der Waals surface area contributed by atoms with Crippen molar-refractivity contribution in [2.45, 2.75) is 176 Å². The number of hydrogen-bond donors (Lipinski definition) is 0. The normalized spacial score (nSPS) is 14.3. The van der Waals surface area contributed by atoms with Crippen molar-refractivity contribution in [1.82, 2.24) is 0 Å². The van der Waals surface area contributed by atoms with Crippen molar-refractivity contribution in [3.05, 3.63) is 92.8 Å². The molecule has 0 fully saturated rings. The first kappa shape index (κ1) is 37.8. The third-order valence-electron chi connectivity index (χ3n) is 9.68. The average molecular weight is 625 g/mol. The lowest BCUT2D eigenvalue weighted by Crippen LogP contribution is -2.13. The molecular formula is C44H68N2. The van der Waals surface area contributed by atoms with Crippen LogP contribution in [0.2, 0.25) is 0 Å². The van der Waals surface area contributed by atoms with Crippen molar-refractivity contribution in [2.24, 2.45) is 0 Å². The third kappa shape index (κ3) is 11.3. The molecule has 46 heavy (non-hydrogen) atoms. The fourth-order valence-electron chi connectivity index (χ4n) is 6.95. The summed E-state index contributed by atoms with van der Waals surface area (Å²) in [5.74, 6) is 9.92. The van der Waals surface area contributed by atoms with Crippen LogP contribution in [0.3, 0.4) is 0 Å². The van der Waals surface area contributed by atoms with E-state index < -0.39 is 0 Å². The summed E-state index contributed by atoms with van der Waals surface area (Å²) in [6.45, 7) is 13.8. The maximum atomic E-state index is 9.92. The van der Waals surface area contributed by atoms with Gasteiger partial charge in [0.25, 0.3) is 0 Å². The van der Waals surface area contributed by atoms with Crippen LogP contribution in [0.5, 0.6) is 0 Å². The molecule has 1 heterocycles. The van der Waals surface area contributed by atoms with Crippen LogP contribution in [0.4, 0.5) is 0 Å². The van der Waals surface area contributed by atoms with Gasteiger partial charge in [-0.2, -0.15) is 0 Å². The molecule has 0 unspecified atom stereocenters. The summed E-state index contributed by atoms with van der Waals surface area (Å²) in [6.07, 6.45) is 27.6. The molecule has 2 aromatic rings. The summed E-state index contributed by atoms with van der Waals surface area (Å²) >= 11 is 0. The van der Waals surface area contributed by atoms with E-state index in [0.717, 1.165) is 56.4 Å². The van der Waals surface area contributed by atoms with Crippen LogP contribution in [0.1, 0.15) is 184 Å². The largest absolute Gasteiger partial charge is 0.448 e. The highest BCUT2D eigenvalue weighted by molar-refractivity contribution is 6.16. The highest BCUT2D eigenvalue weighted by atomic mass is 15.3.